The molecule has 0 aromatic rings. The van der Waals surface area contributed by atoms with Gasteiger partial charge in [0, 0.05) is 16.7 Å². The van der Waals surface area contributed by atoms with Crippen molar-refractivity contribution >= 4 is 23.3 Å². The van der Waals surface area contributed by atoms with Gasteiger partial charge in [0.15, 0.2) is 0 Å². The van der Waals surface area contributed by atoms with Crippen molar-refractivity contribution in [1.29, 1.82) is 0 Å². The molecule has 3 saturated carbocycles. The third kappa shape index (κ3) is 3.62. The van der Waals surface area contributed by atoms with Crippen LogP contribution in [0.5, 0.6) is 0 Å². The Balaban J connectivity index is 1.69. The molecule has 0 saturated heterocycles. The van der Waals surface area contributed by atoms with E-state index in [1.165, 1.54) is 5.57 Å². The van der Waals surface area contributed by atoms with E-state index in [2.05, 4.69) is 33.4 Å². The average molecular weight is 473 g/mol. The maximum atomic E-state index is 11.8. The van der Waals surface area contributed by atoms with Crippen LogP contribution in [0.4, 0.5) is 0 Å². The number of guanidine groups is 2. The molecule has 0 bridgehead atoms. The molecule has 0 radical (unpaired) electrons. The predicted octanol–water partition coefficient (Wildman–Crippen LogP) is -0.322. The molecule has 7 atom stereocenters. The van der Waals surface area contributed by atoms with Gasteiger partial charge in [0.2, 0.25) is 11.9 Å². The number of hydrogen-bond acceptors (Lipinski definition) is 7. The number of hydrogen-bond donors (Lipinski definition) is 7. The molecule has 4 rings (SSSR count). The molecule has 11 heteroatoms. The SMILES string of the molecule is C[C@]12C=CC(=NN=C(N)N)C=C1CC[C@@H]1[C@@H]2[C@@H](O)C[C@@]2(C)[C@H]1CC[C@]2(O)C(CO)=NN=C(N)N. The number of rotatable bonds is 4. The summed E-state index contributed by atoms with van der Waals surface area (Å²) in [5.74, 6) is -0.0258. The van der Waals surface area contributed by atoms with E-state index in [4.69, 9.17) is 22.9 Å². The first-order valence-corrected chi connectivity index (χ1v) is 11.7. The van der Waals surface area contributed by atoms with Crippen molar-refractivity contribution in [3.8, 4) is 0 Å². The topological polar surface area (TPSA) is 214 Å². The number of fused-ring (bicyclic) bond motifs is 5. The third-order valence-electron chi connectivity index (χ3n) is 8.85. The lowest BCUT2D eigenvalue weighted by molar-refractivity contribution is -0.143. The largest absolute Gasteiger partial charge is 0.393 e. The first-order valence-electron chi connectivity index (χ1n) is 11.7. The molecular weight excluding hydrogens is 436 g/mol. The van der Waals surface area contributed by atoms with E-state index in [1.54, 1.807) is 0 Å². The molecule has 34 heavy (non-hydrogen) atoms. The second-order valence-corrected chi connectivity index (χ2v) is 10.5. The van der Waals surface area contributed by atoms with Crippen molar-refractivity contribution in [1.82, 2.24) is 0 Å². The van der Waals surface area contributed by atoms with Gasteiger partial charge in [0.25, 0.3) is 0 Å². The highest BCUT2D eigenvalue weighted by atomic mass is 16.3. The second-order valence-electron chi connectivity index (χ2n) is 10.5. The van der Waals surface area contributed by atoms with Gasteiger partial charge in [-0.05, 0) is 56.1 Å². The number of nitrogens with two attached hydrogens (primary N) is 4. The first-order chi connectivity index (χ1) is 16.0. The molecule has 4 aliphatic carbocycles. The van der Waals surface area contributed by atoms with Gasteiger partial charge in [-0.3, -0.25) is 0 Å². The Morgan fingerprint density at radius 1 is 1.09 bits per heavy atom. The van der Waals surface area contributed by atoms with Gasteiger partial charge >= 0.3 is 0 Å². The van der Waals surface area contributed by atoms with Crippen molar-refractivity contribution in [3.05, 3.63) is 23.8 Å². The molecule has 11 N–H and O–H groups in total. The Morgan fingerprint density at radius 3 is 2.44 bits per heavy atom. The molecule has 0 spiro atoms. The second kappa shape index (κ2) is 8.47. The summed E-state index contributed by atoms with van der Waals surface area (Å²) in [5.41, 5.74) is 21.2. The van der Waals surface area contributed by atoms with E-state index in [-0.39, 0.29) is 40.8 Å². The van der Waals surface area contributed by atoms with Gasteiger partial charge in [-0.15, -0.1) is 15.3 Å². The van der Waals surface area contributed by atoms with Crippen LogP contribution in [0.15, 0.2) is 44.2 Å². The zero-order valence-corrected chi connectivity index (χ0v) is 19.7. The minimum absolute atomic E-state index is 0.0129. The van der Waals surface area contributed by atoms with Gasteiger partial charge in [0.1, 0.15) is 5.60 Å². The van der Waals surface area contributed by atoms with Crippen molar-refractivity contribution in [3.63, 3.8) is 0 Å². The number of aliphatic hydroxyl groups is 3. The molecule has 4 aliphatic rings. The number of allylic oxidation sites excluding steroid dienone is 4. The van der Waals surface area contributed by atoms with Crippen LogP contribution in [-0.2, 0) is 0 Å². The summed E-state index contributed by atoms with van der Waals surface area (Å²) in [6.07, 6.45) is 8.64. The van der Waals surface area contributed by atoms with E-state index in [1.807, 2.05) is 19.1 Å². The van der Waals surface area contributed by atoms with E-state index in [0.29, 0.717) is 18.6 Å². The van der Waals surface area contributed by atoms with Gasteiger partial charge in [0.05, 0.1) is 24.1 Å². The highest BCUT2D eigenvalue weighted by Gasteiger charge is 2.67. The van der Waals surface area contributed by atoms with Crippen molar-refractivity contribution < 1.29 is 15.3 Å². The van der Waals surface area contributed by atoms with Crippen LogP contribution in [-0.4, -0.2) is 57.0 Å². The van der Waals surface area contributed by atoms with Crippen molar-refractivity contribution in [2.24, 2.45) is 71.9 Å². The Morgan fingerprint density at radius 2 is 1.79 bits per heavy atom. The van der Waals surface area contributed by atoms with Crippen LogP contribution in [0.25, 0.3) is 0 Å². The summed E-state index contributed by atoms with van der Waals surface area (Å²) < 4.78 is 0. The summed E-state index contributed by atoms with van der Waals surface area (Å²) in [5, 5.41) is 48.9. The van der Waals surface area contributed by atoms with Crippen LogP contribution < -0.4 is 22.9 Å². The molecule has 186 valence electrons. The summed E-state index contributed by atoms with van der Waals surface area (Å²) in [4.78, 5) is 0. The summed E-state index contributed by atoms with van der Waals surface area (Å²) in [6, 6.07) is 0. The smallest absolute Gasteiger partial charge is 0.211 e. The van der Waals surface area contributed by atoms with Crippen molar-refractivity contribution in [2.45, 2.75) is 57.7 Å². The van der Waals surface area contributed by atoms with E-state index in [9.17, 15) is 15.3 Å². The van der Waals surface area contributed by atoms with Gasteiger partial charge < -0.3 is 38.3 Å². The van der Waals surface area contributed by atoms with Gasteiger partial charge in [-0.25, -0.2) is 0 Å². The molecule has 3 fully saturated rings. The molecule has 0 aromatic carbocycles. The molecule has 0 amide bonds. The van der Waals surface area contributed by atoms with Crippen LogP contribution >= 0.6 is 0 Å². The molecule has 0 aromatic heterocycles. The first kappa shape index (κ1) is 24.4. The quantitative estimate of drug-likeness (QED) is 0.164. The van der Waals surface area contributed by atoms with Crippen LogP contribution in [0.2, 0.25) is 0 Å². The summed E-state index contributed by atoms with van der Waals surface area (Å²) >= 11 is 0. The Labute approximate surface area is 199 Å². The maximum Gasteiger partial charge on any atom is 0.211 e. The average Bonchev–Trinajstić information content (AvgIpc) is 3.03. The van der Waals surface area contributed by atoms with E-state index in [0.717, 1.165) is 19.3 Å². The highest BCUT2D eigenvalue weighted by Crippen LogP contribution is 2.67. The fourth-order valence-corrected chi connectivity index (χ4v) is 7.36. The molecule has 11 nitrogen and oxygen atoms in total. The Kier molecular flexibility index (Phi) is 6.07. The maximum absolute atomic E-state index is 11.8. The lowest BCUT2D eigenvalue weighted by Crippen LogP contribution is -2.61. The van der Waals surface area contributed by atoms with Gasteiger partial charge in [-0.2, -0.15) is 5.10 Å². The zero-order valence-electron chi connectivity index (χ0n) is 19.7. The van der Waals surface area contributed by atoms with E-state index < -0.39 is 23.7 Å². The fraction of sp³-hybridized carbons (Fsp3) is 0.652. The monoisotopic (exact) mass is 472 g/mol. The fourth-order valence-electron chi connectivity index (χ4n) is 7.36. The summed E-state index contributed by atoms with van der Waals surface area (Å²) in [6.45, 7) is 3.69. The molecular formula is C23H36N8O3. The lowest BCUT2D eigenvalue weighted by atomic mass is 9.46. The van der Waals surface area contributed by atoms with Gasteiger partial charge in [-0.1, -0.05) is 25.5 Å². The third-order valence-corrected chi connectivity index (χ3v) is 8.85. The number of aliphatic hydroxyl groups excluding tert-OH is 2. The molecule has 0 heterocycles. The summed E-state index contributed by atoms with van der Waals surface area (Å²) in [7, 11) is 0. The Hall–Kier alpha value is -2.76. The minimum atomic E-state index is -1.41. The molecule has 0 aliphatic heterocycles. The Bertz CT molecular complexity index is 1030. The molecule has 0 unspecified atom stereocenters. The zero-order chi connectivity index (χ0) is 24.9. The standard InChI is InChI=1S/C23H36N8O3/c1-21-7-5-13(28-30-19(24)25)9-12(21)3-4-14-15-6-8-23(34,17(11-32)29-31-20(26)27)22(15,2)10-16(33)18(14)21/h5,7,9,14-16,18,32-34H,3-4,6,8,10-11H2,1-2H3,(H4,24,25,30)(H4,26,27,31)/t14-,15-,16-,18+,21-,22-,23-/m0/s1. The van der Waals surface area contributed by atoms with Crippen molar-refractivity contribution in [2.75, 3.05) is 6.61 Å². The minimum Gasteiger partial charge on any atom is -0.393 e. The predicted molar refractivity (Wildman–Crippen MR) is 132 cm³/mol. The van der Waals surface area contributed by atoms with E-state index >= 15 is 0 Å². The van der Waals surface area contributed by atoms with Crippen LogP contribution in [0.3, 0.4) is 0 Å². The highest BCUT2D eigenvalue weighted by molar-refractivity contribution is 6.06. The normalized spacial score (nSPS) is 42.3. The number of nitrogens with zero attached hydrogens (tertiary/aromatic N) is 4. The van der Waals surface area contributed by atoms with Crippen LogP contribution in [0.1, 0.15) is 46.0 Å². The van der Waals surface area contributed by atoms with Crippen LogP contribution in [0, 0.1) is 28.6 Å². The lowest BCUT2D eigenvalue weighted by Gasteiger charge is -2.59.